The fourth-order valence-corrected chi connectivity index (χ4v) is 6.38. The van der Waals surface area contributed by atoms with Crippen molar-refractivity contribution in [1.29, 1.82) is 0 Å². The van der Waals surface area contributed by atoms with Crippen molar-refractivity contribution in [1.82, 2.24) is 20.2 Å². The van der Waals surface area contributed by atoms with Crippen molar-refractivity contribution >= 4 is 29.0 Å². The number of aliphatic hydroxyl groups is 1. The molecule has 1 saturated heterocycles. The standard InChI is InChI=1S/C26H30F5N5O3S/c1-12-9-25(27,28)11-36(12)24(39)20-21(40-23(35-20)22(38)34-17-4-3-5-18(17)37)15-10-32-19(8-16(15)26(29,30)31)33-13(2)14-6-7-14/h8,10,12-14,17-18,37H,3-7,9,11H2,1-2H3,(H,32,33)(H,34,38)/t12-,13-,17+,18-/m0/s1. The number of aliphatic hydroxyl groups excluding tert-OH is 1. The predicted molar refractivity (Wildman–Crippen MR) is 137 cm³/mol. The molecule has 3 fully saturated rings. The third-order valence-corrected chi connectivity index (χ3v) is 8.85. The highest BCUT2D eigenvalue weighted by molar-refractivity contribution is 7.17. The number of amides is 2. The van der Waals surface area contributed by atoms with Gasteiger partial charge in [0.25, 0.3) is 17.7 Å². The Balaban J connectivity index is 1.55. The third-order valence-electron chi connectivity index (χ3n) is 7.77. The Bertz CT molecular complexity index is 1300. The van der Waals surface area contributed by atoms with Crippen LogP contribution in [0.4, 0.5) is 27.8 Å². The van der Waals surface area contributed by atoms with E-state index in [0.717, 1.165) is 30.0 Å². The van der Waals surface area contributed by atoms with Crippen molar-refractivity contribution in [3.63, 3.8) is 0 Å². The number of nitrogens with one attached hydrogen (secondary N) is 2. The molecule has 3 heterocycles. The highest BCUT2D eigenvalue weighted by Gasteiger charge is 2.47. The molecule has 0 radical (unpaired) electrons. The first-order valence-electron chi connectivity index (χ1n) is 13.3. The summed E-state index contributed by atoms with van der Waals surface area (Å²) in [4.78, 5) is 35.3. The average molecular weight is 588 g/mol. The van der Waals surface area contributed by atoms with E-state index in [0.29, 0.717) is 36.5 Å². The quantitative estimate of drug-likeness (QED) is 0.396. The number of anilines is 1. The number of pyridine rings is 1. The van der Waals surface area contributed by atoms with E-state index < -0.39 is 71.9 Å². The van der Waals surface area contributed by atoms with Crippen molar-refractivity contribution < 1.29 is 36.6 Å². The average Bonchev–Trinajstić information content (AvgIpc) is 3.41. The Morgan fingerprint density at radius 1 is 1.23 bits per heavy atom. The minimum Gasteiger partial charge on any atom is -0.391 e. The molecule has 3 aliphatic rings. The predicted octanol–water partition coefficient (Wildman–Crippen LogP) is 4.95. The molecule has 2 saturated carbocycles. The third kappa shape index (κ3) is 5.92. The molecule has 0 unspecified atom stereocenters. The number of nitrogens with zero attached hydrogens (tertiary/aromatic N) is 3. The highest BCUT2D eigenvalue weighted by atomic mass is 32.1. The molecule has 14 heteroatoms. The Morgan fingerprint density at radius 3 is 2.52 bits per heavy atom. The number of carbonyl (C=O) groups excluding carboxylic acids is 2. The maximum atomic E-state index is 14.3. The largest absolute Gasteiger partial charge is 0.417 e. The van der Waals surface area contributed by atoms with Gasteiger partial charge in [-0.25, -0.2) is 18.7 Å². The van der Waals surface area contributed by atoms with Crippen LogP contribution in [-0.2, 0) is 6.18 Å². The normalized spacial score (nSPS) is 25.2. The number of hydrogen-bond donors (Lipinski definition) is 3. The second-order valence-electron chi connectivity index (χ2n) is 11.0. The molecule has 2 aromatic rings. The maximum Gasteiger partial charge on any atom is 0.417 e. The molecule has 40 heavy (non-hydrogen) atoms. The van der Waals surface area contributed by atoms with Gasteiger partial charge in [-0.05, 0) is 57.9 Å². The number of alkyl halides is 5. The number of halogens is 5. The molecule has 2 aromatic heterocycles. The number of rotatable bonds is 7. The molecule has 2 aliphatic carbocycles. The maximum absolute atomic E-state index is 14.3. The number of thiazole rings is 1. The molecule has 0 spiro atoms. The van der Waals surface area contributed by atoms with Gasteiger partial charge in [-0.3, -0.25) is 9.59 Å². The van der Waals surface area contributed by atoms with Crippen LogP contribution in [0.2, 0.25) is 0 Å². The van der Waals surface area contributed by atoms with Gasteiger partial charge in [-0.15, -0.1) is 11.3 Å². The molecule has 218 valence electrons. The van der Waals surface area contributed by atoms with Crippen molar-refractivity contribution in [2.75, 3.05) is 11.9 Å². The van der Waals surface area contributed by atoms with Gasteiger partial charge < -0.3 is 20.6 Å². The Hall–Kier alpha value is -2.87. The lowest BCUT2D eigenvalue weighted by atomic mass is 10.1. The second-order valence-corrected chi connectivity index (χ2v) is 12.0. The molecule has 3 N–H and O–H groups in total. The van der Waals surface area contributed by atoms with E-state index in [9.17, 15) is 36.6 Å². The Morgan fingerprint density at radius 2 is 1.95 bits per heavy atom. The monoisotopic (exact) mass is 587 g/mol. The zero-order valence-electron chi connectivity index (χ0n) is 21.9. The zero-order valence-corrected chi connectivity index (χ0v) is 22.7. The van der Waals surface area contributed by atoms with E-state index in [1.807, 2.05) is 6.92 Å². The number of aromatic nitrogens is 2. The van der Waals surface area contributed by atoms with Crippen LogP contribution in [0.3, 0.4) is 0 Å². The van der Waals surface area contributed by atoms with E-state index in [2.05, 4.69) is 20.6 Å². The van der Waals surface area contributed by atoms with Gasteiger partial charge in [0.05, 0.1) is 29.1 Å². The molecule has 4 atom stereocenters. The van der Waals surface area contributed by atoms with Crippen LogP contribution in [0, 0.1) is 5.92 Å². The van der Waals surface area contributed by atoms with E-state index in [1.165, 1.54) is 6.92 Å². The summed E-state index contributed by atoms with van der Waals surface area (Å²) in [6, 6.07) is -0.690. The molecule has 8 nitrogen and oxygen atoms in total. The van der Waals surface area contributed by atoms with Crippen LogP contribution in [0.25, 0.3) is 10.4 Å². The molecule has 5 rings (SSSR count). The van der Waals surface area contributed by atoms with Gasteiger partial charge >= 0.3 is 6.18 Å². The minimum atomic E-state index is -4.85. The van der Waals surface area contributed by atoms with Crippen LogP contribution in [0.1, 0.15) is 78.2 Å². The molecule has 0 aromatic carbocycles. The Kier molecular flexibility index (Phi) is 7.53. The van der Waals surface area contributed by atoms with Gasteiger partial charge in [-0.1, -0.05) is 0 Å². The van der Waals surface area contributed by atoms with Crippen LogP contribution >= 0.6 is 11.3 Å². The first-order valence-corrected chi connectivity index (χ1v) is 14.1. The van der Waals surface area contributed by atoms with Crippen LogP contribution in [-0.4, -0.2) is 68.5 Å². The molecule has 0 bridgehead atoms. The van der Waals surface area contributed by atoms with Crippen molar-refractivity contribution in [2.24, 2.45) is 5.92 Å². The Labute approximate surface area is 231 Å². The fraction of sp³-hybridized carbons (Fsp3) is 0.615. The summed E-state index contributed by atoms with van der Waals surface area (Å²) in [6.45, 7) is 2.37. The van der Waals surface area contributed by atoms with Crippen LogP contribution < -0.4 is 10.6 Å². The van der Waals surface area contributed by atoms with E-state index >= 15 is 0 Å². The SMILES string of the molecule is C[C@H](Nc1cc(C(F)(F)F)c(-c2sc(C(=O)N[C@@H]3CCC[C@@H]3O)nc2C(=O)N2CC(F)(F)C[C@@H]2C)cn1)C1CC1. The molecule has 1 aliphatic heterocycles. The summed E-state index contributed by atoms with van der Waals surface area (Å²) >= 11 is 0.558. The van der Waals surface area contributed by atoms with Gasteiger partial charge in [0, 0.05) is 30.3 Å². The molecule has 2 amide bonds. The van der Waals surface area contributed by atoms with Crippen molar-refractivity contribution in [2.45, 2.75) is 88.7 Å². The van der Waals surface area contributed by atoms with E-state index in [4.69, 9.17) is 0 Å². The molecular weight excluding hydrogens is 557 g/mol. The van der Waals surface area contributed by atoms with Gasteiger partial charge in [-0.2, -0.15) is 13.2 Å². The second kappa shape index (κ2) is 10.5. The smallest absolute Gasteiger partial charge is 0.391 e. The van der Waals surface area contributed by atoms with Crippen LogP contribution in [0.15, 0.2) is 12.3 Å². The van der Waals surface area contributed by atoms with Crippen LogP contribution in [0.5, 0.6) is 0 Å². The first-order chi connectivity index (χ1) is 18.7. The first kappa shape index (κ1) is 28.7. The zero-order chi connectivity index (χ0) is 29.0. The summed E-state index contributed by atoms with van der Waals surface area (Å²) in [5.41, 5.74) is -2.09. The highest BCUT2D eigenvalue weighted by Crippen LogP contribution is 2.43. The van der Waals surface area contributed by atoms with Gasteiger partial charge in [0.15, 0.2) is 5.01 Å². The lowest BCUT2D eigenvalue weighted by molar-refractivity contribution is -0.137. The van der Waals surface area contributed by atoms with E-state index in [-0.39, 0.29) is 21.7 Å². The van der Waals surface area contributed by atoms with Gasteiger partial charge in [0.1, 0.15) is 11.5 Å². The summed E-state index contributed by atoms with van der Waals surface area (Å²) in [7, 11) is 0. The minimum absolute atomic E-state index is 0.00821. The fourth-order valence-electron chi connectivity index (χ4n) is 5.40. The lowest BCUT2D eigenvalue weighted by Gasteiger charge is -2.21. The van der Waals surface area contributed by atoms with E-state index in [1.54, 1.807) is 0 Å². The summed E-state index contributed by atoms with van der Waals surface area (Å²) < 4.78 is 71.2. The summed E-state index contributed by atoms with van der Waals surface area (Å²) in [5.74, 6) is -4.56. The number of carbonyl (C=O) groups is 2. The lowest BCUT2D eigenvalue weighted by Crippen LogP contribution is -2.40. The summed E-state index contributed by atoms with van der Waals surface area (Å²) in [5, 5.41) is 15.4. The van der Waals surface area contributed by atoms with Crippen molar-refractivity contribution in [3.05, 3.63) is 28.5 Å². The summed E-state index contributed by atoms with van der Waals surface area (Å²) in [6.07, 6.45) is -1.64. The van der Waals surface area contributed by atoms with Gasteiger partial charge in [0.2, 0.25) is 0 Å². The topological polar surface area (TPSA) is 107 Å². The number of likely N-dealkylation sites (tertiary alicyclic amines) is 1. The number of hydrogen-bond acceptors (Lipinski definition) is 7. The molecular formula is C26H30F5N5O3S. The van der Waals surface area contributed by atoms with Crippen molar-refractivity contribution in [3.8, 4) is 10.4 Å².